The maximum absolute atomic E-state index is 13.8. The molecular formula is C41H50N6O9. The van der Waals surface area contributed by atoms with Crippen molar-refractivity contribution in [3.05, 3.63) is 77.9 Å². The van der Waals surface area contributed by atoms with Gasteiger partial charge in [0.05, 0.1) is 25.5 Å². The first kappa shape index (κ1) is 41.3. The summed E-state index contributed by atoms with van der Waals surface area (Å²) in [6, 6.07) is 16.6. The van der Waals surface area contributed by atoms with Crippen molar-refractivity contribution in [1.29, 1.82) is 0 Å². The summed E-state index contributed by atoms with van der Waals surface area (Å²) in [6.45, 7) is 4.33. The van der Waals surface area contributed by atoms with E-state index < -0.39 is 60.1 Å². The molecule has 15 nitrogen and oxygen atoms in total. The van der Waals surface area contributed by atoms with Crippen LogP contribution in [0, 0.1) is 5.92 Å². The van der Waals surface area contributed by atoms with Crippen molar-refractivity contribution in [2.75, 3.05) is 38.6 Å². The molecule has 2 aliphatic rings. The van der Waals surface area contributed by atoms with E-state index in [2.05, 4.69) is 21.3 Å². The number of aliphatic carboxylic acids is 1. The zero-order valence-corrected chi connectivity index (χ0v) is 31.9. The third-order valence-electron chi connectivity index (χ3n) is 10.3. The lowest BCUT2D eigenvalue weighted by Gasteiger charge is -2.33. The molecule has 5 rings (SSSR count). The van der Waals surface area contributed by atoms with Crippen LogP contribution >= 0.6 is 0 Å². The number of carbonyl (C=O) groups is 7. The zero-order valence-electron chi connectivity index (χ0n) is 31.9. The standard InChI is InChI=1S/C41H50N6O9/c1-4-25(2)37(39(53)45-33(22-36(50)51)40(54)46(3)24-35(49)42-23-31-10-7-19-56-31)47-18-17-32(41(47)55)44-34(48)20-26-11-15-30(16-12-26)43-38(52)29-14-13-27-8-5-6-9-28(27)21-29/h5-6,8-9,11-16,21,25,31-33,37H,4,7,10,17-20,22-24H2,1-3H3,(H,42,49)(H,43,52)(H,44,48)(H,45,53)(H,50,51)/t25-,31?,32+,33-,37-/m0/s1. The third kappa shape index (κ3) is 10.9. The van der Waals surface area contributed by atoms with Crippen molar-refractivity contribution >= 4 is 57.9 Å². The maximum atomic E-state index is 13.8. The molecule has 0 saturated carbocycles. The number of nitrogens with zero attached hydrogens (tertiary/aromatic N) is 2. The quantitative estimate of drug-likeness (QED) is 0.137. The number of carbonyl (C=O) groups excluding carboxylic acids is 6. The number of fused-ring (bicyclic) bond motifs is 1. The van der Waals surface area contributed by atoms with E-state index in [1.165, 1.54) is 11.9 Å². The number of benzene rings is 3. The van der Waals surface area contributed by atoms with Crippen LogP contribution in [-0.2, 0) is 39.9 Å². The topological polar surface area (TPSA) is 204 Å². The summed E-state index contributed by atoms with van der Waals surface area (Å²) in [7, 11) is 1.35. The Kier molecular flexibility index (Phi) is 14.1. The van der Waals surface area contributed by atoms with Gasteiger partial charge in [0.1, 0.15) is 18.1 Å². The van der Waals surface area contributed by atoms with E-state index in [-0.39, 0.29) is 43.9 Å². The molecule has 0 radical (unpaired) electrons. The molecule has 2 saturated heterocycles. The molecule has 5 N–H and O–H groups in total. The van der Waals surface area contributed by atoms with E-state index in [0.29, 0.717) is 36.4 Å². The van der Waals surface area contributed by atoms with Gasteiger partial charge in [-0.3, -0.25) is 33.6 Å². The fraction of sp³-hybridized carbons (Fsp3) is 0.439. The average Bonchev–Trinajstić information content (AvgIpc) is 3.83. The molecule has 56 heavy (non-hydrogen) atoms. The minimum absolute atomic E-state index is 0.0309. The Bertz CT molecular complexity index is 1930. The van der Waals surface area contributed by atoms with Crippen LogP contribution in [0.1, 0.15) is 61.9 Å². The normalized spacial score (nSPS) is 18.1. The van der Waals surface area contributed by atoms with Crippen LogP contribution in [0.5, 0.6) is 0 Å². The molecule has 6 amide bonds. The van der Waals surface area contributed by atoms with Crippen molar-refractivity contribution < 1.29 is 43.4 Å². The Hall–Kier alpha value is -5.83. The summed E-state index contributed by atoms with van der Waals surface area (Å²) in [5.41, 5.74) is 1.72. The van der Waals surface area contributed by atoms with Gasteiger partial charge in [0.15, 0.2) is 0 Å². The van der Waals surface area contributed by atoms with Gasteiger partial charge in [0.25, 0.3) is 5.91 Å². The van der Waals surface area contributed by atoms with Crippen LogP contribution in [-0.4, -0.2) is 114 Å². The fourth-order valence-corrected chi connectivity index (χ4v) is 6.99. The maximum Gasteiger partial charge on any atom is 0.305 e. The third-order valence-corrected chi connectivity index (χ3v) is 10.3. The second-order valence-corrected chi connectivity index (χ2v) is 14.5. The highest BCUT2D eigenvalue weighted by atomic mass is 16.5. The molecule has 0 aliphatic carbocycles. The van der Waals surface area contributed by atoms with Crippen LogP contribution in [0.15, 0.2) is 66.7 Å². The largest absolute Gasteiger partial charge is 0.481 e. The lowest BCUT2D eigenvalue weighted by atomic mass is 9.96. The first-order valence-corrected chi connectivity index (χ1v) is 19.0. The first-order valence-electron chi connectivity index (χ1n) is 19.0. The van der Waals surface area contributed by atoms with Crippen molar-refractivity contribution in [2.24, 2.45) is 5.92 Å². The summed E-state index contributed by atoms with van der Waals surface area (Å²) < 4.78 is 5.50. The van der Waals surface area contributed by atoms with E-state index in [9.17, 15) is 38.7 Å². The molecule has 298 valence electrons. The van der Waals surface area contributed by atoms with Gasteiger partial charge in [0.2, 0.25) is 29.5 Å². The van der Waals surface area contributed by atoms with Crippen LogP contribution in [0.2, 0.25) is 0 Å². The number of likely N-dealkylation sites (N-methyl/N-ethyl adjacent to an activating group) is 1. The fourth-order valence-electron chi connectivity index (χ4n) is 6.99. The zero-order chi connectivity index (χ0) is 40.4. The number of anilines is 1. The molecule has 0 spiro atoms. The molecule has 0 aromatic heterocycles. The second-order valence-electron chi connectivity index (χ2n) is 14.5. The van der Waals surface area contributed by atoms with Crippen molar-refractivity contribution in [2.45, 2.75) is 76.6 Å². The highest BCUT2D eigenvalue weighted by molar-refractivity contribution is 6.06. The smallest absolute Gasteiger partial charge is 0.305 e. The van der Waals surface area contributed by atoms with Gasteiger partial charge in [-0.1, -0.05) is 62.7 Å². The molecular weight excluding hydrogens is 720 g/mol. The number of carboxylic acid groups (broad SMARTS) is 1. The van der Waals surface area contributed by atoms with Crippen molar-refractivity contribution in [3.8, 4) is 0 Å². The first-order chi connectivity index (χ1) is 26.8. The predicted molar refractivity (Wildman–Crippen MR) is 207 cm³/mol. The van der Waals surface area contributed by atoms with Crippen LogP contribution < -0.4 is 21.3 Å². The molecule has 2 heterocycles. The Morgan fingerprint density at radius 2 is 1.70 bits per heavy atom. The number of carboxylic acids is 1. The van der Waals surface area contributed by atoms with Gasteiger partial charge in [-0.05, 0) is 65.8 Å². The minimum Gasteiger partial charge on any atom is -0.481 e. The second kappa shape index (κ2) is 19.2. The van der Waals surface area contributed by atoms with Crippen LogP contribution in [0.4, 0.5) is 5.69 Å². The van der Waals surface area contributed by atoms with E-state index >= 15 is 0 Å². The average molecular weight is 771 g/mol. The van der Waals surface area contributed by atoms with Crippen LogP contribution in [0.25, 0.3) is 10.8 Å². The van der Waals surface area contributed by atoms with Gasteiger partial charge < -0.3 is 40.9 Å². The molecule has 3 aromatic carbocycles. The number of rotatable bonds is 17. The van der Waals surface area contributed by atoms with Gasteiger partial charge in [-0.2, -0.15) is 0 Å². The Balaban J connectivity index is 1.14. The molecule has 2 fully saturated rings. The molecule has 0 bridgehead atoms. The highest BCUT2D eigenvalue weighted by Gasteiger charge is 2.42. The Labute approximate surface area is 325 Å². The summed E-state index contributed by atoms with van der Waals surface area (Å²) in [6.07, 6.45) is 1.59. The van der Waals surface area contributed by atoms with E-state index in [0.717, 1.165) is 28.5 Å². The molecule has 2 aliphatic heterocycles. The molecule has 3 aromatic rings. The van der Waals surface area contributed by atoms with Gasteiger partial charge in [-0.15, -0.1) is 0 Å². The minimum atomic E-state index is -1.49. The lowest BCUT2D eigenvalue weighted by Crippen LogP contribution is -2.58. The van der Waals surface area contributed by atoms with E-state index in [1.54, 1.807) is 37.3 Å². The molecule has 15 heteroatoms. The summed E-state index contributed by atoms with van der Waals surface area (Å²) in [5, 5.41) is 22.4. The highest BCUT2D eigenvalue weighted by Crippen LogP contribution is 2.23. The lowest BCUT2D eigenvalue weighted by molar-refractivity contribution is -0.146. The van der Waals surface area contributed by atoms with E-state index in [4.69, 9.17) is 4.74 Å². The number of ether oxygens (including phenoxy) is 1. The van der Waals surface area contributed by atoms with Crippen molar-refractivity contribution in [3.63, 3.8) is 0 Å². The monoisotopic (exact) mass is 770 g/mol. The van der Waals surface area contributed by atoms with E-state index in [1.807, 2.05) is 43.3 Å². The number of hydrogen-bond donors (Lipinski definition) is 5. The Morgan fingerprint density at radius 3 is 2.38 bits per heavy atom. The van der Waals surface area contributed by atoms with Crippen LogP contribution in [0.3, 0.4) is 0 Å². The number of amides is 6. The SMILES string of the molecule is CC[C@H](C)[C@@H](C(=O)N[C@@H](CC(=O)O)C(=O)N(C)CC(=O)NCC1CCCO1)N1CC[C@@H](NC(=O)Cc2ccc(NC(=O)c3ccc4ccccc4c3)cc2)C1=O. The molecule has 1 unspecified atom stereocenters. The number of hydrogen-bond acceptors (Lipinski definition) is 8. The van der Waals surface area contributed by atoms with Gasteiger partial charge in [0, 0.05) is 38.0 Å². The molecule has 5 atom stereocenters. The van der Waals surface area contributed by atoms with Gasteiger partial charge in [-0.25, -0.2) is 0 Å². The predicted octanol–water partition coefficient (Wildman–Crippen LogP) is 2.48. The number of nitrogens with one attached hydrogen (secondary N) is 4. The summed E-state index contributed by atoms with van der Waals surface area (Å²) >= 11 is 0. The van der Waals surface area contributed by atoms with Gasteiger partial charge >= 0.3 is 5.97 Å². The Morgan fingerprint density at radius 1 is 0.964 bits per heavy atom. The number of likely N-dealkylation sites (tertiary alicyclic amines) is 1. The summed E-state index contributed by atoms with van der Waals surface area (Å²) in [4.78, 5) is 93.4. The van der Waals surface area contributed by atoms with Crippen molar-refractivity contribution in [1.82, 2.24) is 25.8 Å². The summed E-state index contributed by atoms with van der Waals surface area (Å²) in [5.74, 6) is -4.78.